The summed E-state index contributed by atoms with van der Waals surface area (Å²) in [7, 11) is 0. The minimum Gasteiger partial charge on any atom is -0.478 e. The summed E-state index contributed by atoms with van der Waals surface area (Å²) in [5, 5.41) is 18.9. The lowest BCUT2D eigenvalue weighted by Gasteiger charge is -2.20. The molecule has 8 nitrogen and oxygen atoms in total. The van der Waals surface area contributed by atoms with Crippen molar-refractivity contribution in [2.45, 2.75) is 0 Å². The second kappa shape index (κ2) is 18.1. The zero-order valence-corrected chi connectivity index (χ0v) is 33.0. The molecule has 8 rings (SSSR count). The fourth-order valence-corrected chi connectivity index (χ4v) is 7.40. The van der Waals surface area contributed by atoms with E-state index in [4.69, 9.17) is 9.47 Å². The normalized spacial score (nSPS) is 10.6. The van der Waals surface area contributed by atoms with Crippen LogP contribution in [0.1, 0.15) is 43.0 Å². The van der Waals surface area contributed by atoms with E-state index in [1.54, 1.807) is 72.8 Å². The van der Waals surface area contributed by atoms with Gasteiger partial charge in [-0.2, -0.15) is 0 Å². The summed E-state index contributed by atoms with van der Waals surface area (Å²) in [5.41, 5.74) is 13.6. The predicted molar refractivity (Wildman–Crippen MR) is 240 cm³/mol. The first-order chi connectivity index (χ1) is 30.3. The molecule has 0 amide bonds. The maximum Gasteiger partial charge on any atom is 0.335 e. The first kappa shape index (κ1) is 40.2. The van der Waals surface area contributed by atoms with Crippen molar-refractivity contribution in [2.75, 3.05) is 0 Å². The summed E-state index contributed by atoms with van der Waals surface area (Å²) in [4.78, 5) is 44.8. The van der Waals surface area contributed by atoms with Gasteiger partial charge in [0.1, 0.15) is 11.5 Å². The number of carbonyl (C=O) groups is 4. The number of ether oxygens (including phenoxy) is 2. The van der Waals surface area contributed by atoms with Crippen LogP contribution in [0.3, 0.4) is 0 Å². The monoisotopic (exact) mass is 812 g/mol. The van der Waals surface area contributed by atoms with E-state index >= 15 is 0 Å². The Bertz CT molecular complexity index is 2690. The maximum absolute atomic E-state index is 11.5. The van der Waals surface area contributed by atoms with E-state index in [1.807, 2.05) is 48.5 Å². The molecule has 0 fully saturated rings. The Hall–Kier alpha value is -8.62. The zero-order chi connectivity index (χ0) is 43.0. The SMILES string of the molecule is O=COc1ccc(-c2ccc(C(=C(c3ccc(-c4ccc(C(=O)O)cc4)cc3)c3ccc(-c4ccc(C(=O)O)cc4)cc3)c3ccc(-c4ccc(OC=O)cc4)cc3)cc2)cc1. The maximum atomic E-state index is 11.5. The molecule has 0 aliphatic rings. The van der Waals surface area contributed by atoms with Gasteiger partial charge in [-0.3, -0.25) is 9.59 Å². The fourth-order valence-electron chi connectivity index (χ4n) is 7.40. The quantitative estimate of drug-likeness (QED) is 0.0821. The Kier molecular flexibility index (Phi) is 11.7. The summed E-state index contributed by atoms with van der Waals surface area (Å²) in [6.45, 7) is 0.807. The van der Waals surface area contributed by atoms with Crippen molar-refractivity contribution >= 4 is 36.0 Å². The highest BCUT2D eigenvalue weighted by atomic mass is 16.5. The van der Waals surface area contributed by atoms with Gasteiger partial charge in [0.2, 0.25) is 0 Å². The Morgan fingerprint density at radius 3 is 0.645 bits per heavy atom. The first-order valence-electron chi connectivity index (χ1n) is 19.5. The van der Waals surface area contributed by atoms with Crippen LogP contribution in [0.5, 0.6) is 11.5 Å². The lowest BCUT2D eigenvalue weighted by molar-refractivity contribution is -0.121. The molecular weight excluding hydrogens is 777 g/mol. The van der Waals surface area contributed by atoms with Crippen LogP contribution in [-0.4, -0.2) is 35.1 Å². The molecule has 8 aromatic carbocycles. The van der Waals surface area contributed by atoms with E-state index < -0.39 is 11.9 Å². The van der Waals surface area contributed by atoms with Crippen molar-refractivity contribution in [1.29, 1.82) is 0 Å². The third-order valence-corrected chi connectivity index (χ3v) is 10.6. The molecule has 0 saturated heterocycles. The van der Waals surface area contributed by atoms with Gasteiger partial charge in [0, 0.05) is 0 Å². The molecule has 0 atom stereocenters. The Balaban J connectivity index is 1.28. The van der Waals surface area contributed by atoms with Crippen LogP contribution in [0, 0.1) is 0 Å². The Morgan fingerprint density at radius 1 is 0.290 bits per heavy atom. The third kappa shape index (κ3) is 8.85. The number of benzene rings is 8. The van der Waals surface area contributed by atoms with Crippen molar-refractivity contribution in [3.05, 3.63) is 228 Å². The van der Waals surface area contributed by atoms with Gasteiger partial charge in [0.05, 0.1) is 11.1 Å². The Labute approximate surface area is 357 Å². The topological polar surface area (TPSA) is 127 Å². The number of aromatic carboxylic acids is 2. The predicted octanol–water partition coefficient (Wildman–Crippen LogP) is 11.8. The Morgan fingerprint density at radius 2 is 0.468 bits per heavy atom. The standard InChI is InChI=1S/C54H36O8/c55-33-61-49-29-25-41(26-30-49)37-5-17-45(18-6-37)52(46-19-7-38(8-20-46)42-27-31-50(32-28-42)62-34-56)51(43-13-1-35(2-14-43)39-9-21-47(22-10-39)53(57)58)44-15-3-36(4-16-44)40-11-23-48(24-12-40)54(59)60/h1-34H,(H,57,58)(H,59,60). The van der Waals surface area contributed by atoms with Gasteiger partial charge >= 0.3 is 11.9 Å². The zero-order valence-electron chi connectivity index (χ0n) is 33.0. The number of carbonyl (C=O) groups excluding carboxylic acids is 2. The molecule has 8 heteroatoms. The summed E-state index contributed by atoms with van der Waals surface area (Å²) in [6, 6.07) is 61.3. The van der Waals surface area contributed by atoms with Gasteiger partial charge in [0.25, 0.3) is 12.9 Å². The molecule has 0 aliphatic heterocycles. The molecule has 62 heavy (non-hydrogen) atoms. The van der Waals surface area contributed by atoms with Gasteiger partial charge in [-0.05, 0) is 126 Å². The molecule has 0 aliphatic carbocycles. The summed E-state index contributed by atoms with van der Waals surface area (Å²) in [5.74, 6) is -1.06. The summed E-state index contributed by atoms with van der Waals surface area (Å²) in [6.07, 6.45) is 0. The number of rotatable bonds is 14. The average Bonchev–Trinajstić information content (AvgIpc) is 3.32. The van der Waals surface area contributed by atoms with Crippen LogP contribution >= 0.6 is 0 Å². The molecule has 300 valence electrons. The molecule has 0 heterocycles. The number of hydrogen-bond acceptors (Lipinski definition) is 6. The highest BCUT2D eigenvalue weighted by Crippen LogP contribution is 2.40. The van der Waals surface area contributed by atoms with Crippen LogP contribution in [0.4, 0.5) is 0 Å². The summed E-state index contributed by atoms with van der Waals surface area (Å²) < 4.78 is 10.0. The minimum absolute atomic E-state index is 0.214. The van der Waals surface area contributed by atoms with E-state index in [2.05, 4.69) is 72.8 Å². The summed E-state index contributed by atoms with van der Waals surface area (Å²) >= 11 is 0. The van der Waals surface area contributed by atoms with Crippen LogP contribution in [-0.2, 0) is 9.59 Å². The van der Waals surface area contributed by atoms with Gasteiger partial charge in [-0.15, -0.1) is 0 Å². The molecule has 8 aromatic rings. The van der Waals surface area contributed by atoms with Crippen molar-refractivity contribution < 1.29 is 38.9 Å². The van der Waals surface area contributed by atoms with Crippen molar-refractivity contribution in [3.63, 3.8) is 0 Å². The van der Waals surface area contributed by atoms with E-state index in [0.717, 1.165) is 77.9 Å². The smallest absolute Gasteiger partial charge is 0.335 e. The van der Waals surface area contributed by atoms with Gasteiger partial charge in [0.15, 0.2) is 0 Å². The van der Waals surface area contributed by atoms with E-state index in [0.29, 0.717) is 24.4 Å². The van der Waals surface area contributed by atoms with Gasteiger partial charge in [-0.1, -0.05) is 146 Å². The first-order valence-corrected chi connectivity index (χ1v) is 19.5. The minimum atomic E-state index is -0.984. The van der Waals surface area contributed by atoms with Crippen molar-refractivity contribution in [3.8, 4) is 56.0 Å². The second-order valence-corrected chi connectivity index (χ2v) is 14.3. The number of carboxylic acids is 2. The number of hydrogen-bond donors (Lipinski definition) is 2. The molecule has 0 unspecified atom stereocenters. The van der Waals surface area contributed by atoms with Crippen LogP contribution in [0.15, 0.2) is 194 Å². The van der Waals surface area contributed by atoms with E-state index in [9.17, 15) is 29.4 Å². The average molecular weight is 813 g/mol. The van der Waals surface area contributed by atoms with E-state index in [-0.39, 0.29) is 11.1 Å². The van der Waals surface area contributed by atoms with Gasteiger partial charge in [-0.25, -0.2) is 9.59 Å². The molecule has 0 bridgehead atoms. The van der Waals surface area contributed by atoms with Crippen LogP contribution in [0.25, 0.3) is 55.7 Å². The van der Waals surface area contributed by atoms with Gasteiger partial charge < -0.3 is 19.7 Å². The van der Waals surface area contributed by atoms with Crippen LogP contribution in [0.2, 0.25) is 0 Å². The van der Waals surface area contributed by atoms with Crippen LogP contribution < -0.4 is 9.47 Å². The lowest BCUT2D eigenvalue weighted by Crippen LogP contribution is -1.99. The molecule has 0 radical (unpaired) electrons. The largest absolute Gasteiger partial charge is 0.478 e. The molecule has 0 spiro atoms. The molecular formula is C54H36O8. The third-order valence-electron chi connectivity index (χ3n) is 10.6. The highest BCUT2D eigenvalue weighted by Gasteiger charge is 2.18. The second-order valence-electron chi connectivity index (χ2n) is 14.3. The molecule has 2 N–H and O–H groups in total. The fraction of sp³-hybridized carbons (Fsp3) is 0. The number of carboxylic acid groups (broad SMARTS) is 2. The highest BCUT2D eigenvalue weighted by molar-refractivity contribution is 6.05. The lowest BCUT2D eigenvalue weighted by atomic mass is 9.84. The van der Waals surface area contributed by atoms with Crippen molar-refractivity contribution in [2.24, 2.45) is 0 Å². The molecule has 0 aromatic heterocycles. The molecule has 0 saturated carbocycles. The van der Waals surface area contributed by atoms with E-state index in [1.165, 1.54) is 0 Å². The van der Waals surface area contributed by atoms with Crippen molar-refractivity contribution in [1.82, 2.24) is 0 Å².